The van der Waals surface area contributed by atoms with Gasteiger partial charge in [-0.1, -0.05) is 25.8 Å². The summed E-state index contributed by atoms with van der Waals surface area (Å²) in [4.78, 5) is 0. The Morgan fingerprint density at radius 3 is 2.47 bits per heavy atom. The molecule has 1 unspecified atom stereocenters. The van der Waals surface area contributed by atoms with E-state index in [2.05, 4.69) is 5.32 Å². The second-order valence-electron chi connectivity index (χ2n) is 5.24. The van der Waals surface area contributed by atoms with Gasteiger partial charge in [-0.3, -0.25) is 0 Å². The molecule has 0 heterocycles. The molecule has 1 nitrogen and oxygen atoms in total. The minimum atomic E-state index is -1.36. The first-order chi connectivity index (χ1) is 9.15. The summed E-state index contributed by atoms with van der Waals surface area (Å²) in [5.41, 5.74) is 0.263. The van der Waals surface area contributed by atoms with Gasteiger partial charge in [-0.2, -0.15) is 0 Å². The van der Waals surface area contributed by atoms with Crippen molar-refractivity contribution in [3.8, 4) is 0 Å². The molecular formula is C15H20F3N. The van der Waals surface area contributed by atoms with Crippen LogP contribution in [0.5, 0.6) is 0 Å². The zero-order valence-corrected chi connectivity index (χ0v) is 11.2. The van der Waals surface area contributed by atoms with E-state index in [1.54, 1.807) is 0 Å². The van der Waals surface area contributed by atoms with Crippen molar-refractivity contribution in [1.29, 1.82) is 0 Å². The maximum Gasteiger partial charge on any atom is 0.194 e. The SMILES string of the molecule is CCCNC(c1ccc(F)c(F)c1F)C1CCCC1. The standard InChI is InChI=1S/C15H20F3N/c1-2-9-19-15(10-5-3-4-6-10)11-7-8-12(16)14(18)13(11)17/h7-8,10,15,19H,2-6,9H2,1H3. The van der Waals surface area contributed by atoms with E-state index >= 15 is 0 Å². The predicted octanol–water partition coefficient (Wildman–Crippen LogP) is 4.33. The lowest BCUT2D eigenvalue weighted by Gasteiger charge is -2.25. The molecule has 1 aromatic carbocycles. The highest BCUT2D eigenvalue weighted by molar-refractivity contribution is 5.24. The third-order valence-electron chi connectivity index (χ3n) is 3.89. The summed E-state index contributed by atoms with van der Waals surface area (Å²) in [6.45, 7) is 2.78. The molecule has 1 fully saturated rings. The van der Waals surface area contributed by atoms with Crippen LogP contribution in [0, 0.1) is 23.4 Å². The monoisotopic (exact) mass is 271 g/mol. The third kappa shape index (κ3) is 3.11. The second-order valence-corrected chi connectivity index (χ2v) is 5.24. The lowest BCUT2D eigenvalue weighted by molar-refractivity contribution is 0.347. The van der Waals surface area contributed by atoms with E-state index in [0.29, 0.717) is 5.92 Å². The van der Waals surface area contributed by atoms with Crippen molar-refractivity contribution >= 4 is 0 Å². The average molecular weight is 271 g/mol. The molecule has 0 bridgehead atoms. The molecule has 0 aromatic heterocycles. The maximum absolute atomic E-state index is 13.9. The summed E-state index contributed by atoms with van der Waals surface area (Å²) in [6.07, 6.45) is 5.20. The van der Waals surface area contributed by atoms with Crippen LogP contribution in [0.2, 0.25) is 0 Å². The van der Waals surface area contributed by atoms with Gasteiger partial charge in [0.25, 0.3) is 0 Å². The van der Waals surface area contributed by atoms with Gasteiger partial charge >= 0.3 is 0 Å². The summed E-state index contributed by atoms with van der Waals surface area (Å²) >= 11 is 0. The molecule has 1 aliphatic carbocycles. The van der Waals surface area contributed by atoms with Crippen LogP contribution in [0.4, 0.5) is 13.2 Å². The van der Waals surface area contributed by atoms with E-state index in [1.165, 1.54) is 6.07 Å². The van der Waals surface area contributed by atoms with Gasteiger partial charge in [-0.25, -0.2) is 13.2 Å². The minimum absolute atomic E-state index is 0.211. The molecule has 0 aliphatic heterocycles. The van der Waals surface area contributed by atoms with Crippen LogP contribution >= 0.6 is 0 Å². The molecular weight excluding hydrogens is 251 g/mol. The Kier molecular flexibility index (Phi) is 4.86. The molecule has 1 atom stereocenters. The van der Waals surface area contributed by atoms with E-state index in [4.69, 9.17) is 0 Å². The van der Waals surface area contributed by atoms with Crippen LogP contribution in [0.25, 0.3) is 0 Å². The Morgan fingerprint density at radius 1 is 1.16 bits per heavy atom. The van der Waals surface area contributed by atoms with Gasteiger partial charge in [0, 0.05) is 11.6 Å². The fraction of sp³-hybridized carbons (Fsp3) is 0.600. The van der Waals surface area contributed by atoms with Crippen LogP contribution in [-0.2, 0) is 0 Å². The van der Waals surface area contributed by atoms with Gasteiger partial charge in [0.1, 0.15) is 0 Å². The molecule has 19 heavy (non-hydrogen) atoms. The highest BCUT2D eigenvalue weighted by Gasteiger charge is 2.29. The van der Waals surface area contributed by atoms with Crippen molar-refractivity contribution in [3.05, 3.63) is 35.1 Å². The van der Waals surface area contributed by atoms with Gasteiger partial charge in [0.2, 0.25) is 0 Å². The van der Waals surface area contributed by atoms with Gasteiger partial charge in [-0.05, 0) is 37.8 Å². The smallest absolute Gasteiger partial charge is 0.194 e. The first kappa shape index (κ1) is 14.4. The van der Waals surface area contributed by atoms with E-state index < -0.39 is 17.5 Å². The summed E-state index contributed by atoms with van der Waals surface area (Å²) in [6, 6.07) is 2.18. The fourth-order valence-electron chi connectivity index (χ4n) is 2.90. The molecule has 1 N–H and O–H groups in total. The van der Waals surface area contributed by atoms with E-state index in [0.717, 1.165) is 44.7 Å². The Balaban J connectivity index is 2.28. The van der Waals surface area contributed by atoms with E-state index in [1.807, 2.05) is 6.92 Å². The molecule has 0 amide bonds. The van der Waals surface area contributed by atoms with Gasteiger partial charge in [0.05, 0.1) is 0 Å². The molecule has 0 radical (unpaired) electrons. The van der Waals surface area contributed by atoms with Crippen molar-refractivity contribution in [2.24, 2.45) is 5.92 Å². The summed E-state index contributed by atoms with van der Waals surface area (Å²) in [7, 11) is 0. The van der Waals surface area contributed by atoms with Crippen molar-refractivity contribution in [2.75, 3.05) is 6.54 Å². The first-order valence-electron chi connectivity index (χ1n) is 7.02. The predicted molar refractivity (Wildman–Crippen MR) is 69.3 cm³/mol. The third-order valence-corrected chi connectivity index (χ3v) is 3.89. The van der Waals surface area contributed by atoms with E-state index in [9.17, 15) is 13.2 Å². The van der Waals surface area contributed by atoms with Crippen molar-refractivity contribution in [2.45, 2.75) is 45.1 Å². The molecule has 106 valence electrons. The largest absolute Gasteiger partial charge is 0.310 e. The maximum atomic E-state index is 13.9. The topological polar surface area (TPSA) is 12.0 Å². The number of hydrogen-bond donors (Lipinski definition) is 1. The molecule has 4 heteroatoms. The minimum Gasteiger partial charge on any atom is -0.310 e. The molecule has 0 spiro atoms. The first-order valence-corrected chi connectivity index (χ1v) is 7.02. The van der Waals surface area contributed by atoms with E-state index in [-0.39, 0.29) is 11.6 Å². The molecule has 1 saturated carbocycles. The number of halogens is 3. The average Bonchev–Trinajstić information content (AvgIpc) is 2.92. The normalized spacial score (nSPS) is 17.9. The molecule has 1 aromatic rings. The van der Waals surface area contributed by atoms with Crippen molar-refractivity contribution < 1.29 is 13.2 Å². The fourth-order valence-corrected chi connectivity index (χ4v) is 2.90. The lowest BCUT2D eigenvalue weighted by Crippen LogP contribution is -2.29. The van der Waals surface area contributed by atoms with Crippen LogP contribution in [0.15, 0.2) is 12.1 Å². The van der Waals surface area contributed by atoms with Crippen molar-refractivity contribution in [1.82, 2.24) is 5.32 Å². The highest BCUT2D eigenvalue weighted by atomic mass is 19.2. The Labute approximate surface area is 112 Å². The van der Waals surface area contributed by atoms with Crippen molar-refractivity contribution in [3.63, 3.8) is 0 Å². The Morgan fingerprint density at radius 2 is 1.84 bits per heavy atom. The lowest BCUT2D eigenvalue weighted by atomic mass is 9.91. The Hall–Kier alpha value is -1.03. The van der Waals surface area contributed by atoms with Crippen LogP contribution in [0.1, 0.15) is 50.6 Å². The second kappa shape index (κ2) is 6.42. The van der Waals surface area contributed by atoms with Crippen LogP contribution < -0.4 is 5.32 Å². The van der Waals surface area contributed by atoms with Crippen LogP contribution in [0.3, 0.4) is 0 Å². The quantitative estimate of drug-likeness (QED) is 0.786. The van der Waals surface area contributed by atoms with Gasteiger partial charge < -0.3 is 5.32 Å². The molecule has 2 rings (SSSR count). The van der Waals surface area contributed by atoms with Gasteiger partial charge in [-0.15, -0.1) is 0 Å². The number of hydrogen-bond acceptors (Lipinski definition) is 1. The summed E-state index contributed by atoms with van der Waals surface area (Å²) < 4.78 is 40.3. The zero-order chi connectivity index (χ0) is 13.8. The molecule has 1 aliphatic rings. The number of rotatable bonds is 5. The summed E-state index contributed by atoms with van der Waals surface area (Å²) in [5, 5.41) is 3.29. The molecule has 0 saturated heterocycles. The summed E-state index contributed by atoms with van der Waals surface area (Å²) in [5.74, 6) is -3.22. The highest BCUT2D eigenvalue weighted by Crippen LogP contribution is 2.37. The zero-order valence-electron chi connectivity index (χ0n) is 11.2. The van der Waals surface area contributed by atoms with Crippen LogP contribution in [-0.4, -0.2) is 6.54 Å². The number of nitrogens with one attached hydrogen (secondary N) is 1. The van der Waals surface area contributed by atoms with Gasteiger partial charge in [0.15, 0.2) is 17.5 Å². The number of benzene rings is 1. The Bertz CT molecular complexity index is 428.